The Bertz CT molecular complexity index is 415. The van der Waals surface area contributed by atoms with Gasteiger partial charge in [0.2, 0.25) is 0 Å². The second kappa shape index (κ2) is 6.35. The van der Waals surface area contributed by atoms with E-state index in [0.29, 0.717) is 11.5 Å². The highest BCUT2D eigenvalue weighted by atomic mass is 19.1. The maximum Gasteiger partial charge on any atom is 0.130 e. The summed E-state index contributed by atoms with van der Waals surface area (Å²) in [6.45, 7) is 4.53. The van der Waals surface area contributed by atoms with Crippen LogP contribution in [-0.2, 0) is 4.74 Å². The Morgan fingerprint density at radius 3 is 2.68 bits per heavy atom. The Kier molecular flexibility index (Phi) is 4.77. The van der Waals surface area contributed by atoms with Crippen molar-refractivity contribution in [3.8, 4) is 0 Å². The first-order valence-corrected chi connectivity index (χ1v) is 6.91. The molecule has 0 aromatic heterocycles. The van der Waals surface area contributed by atoms with Gasteiger partial charge in [0.25, 0.3) is 0 Å². The van der Waals surface area contributed by atoms with Crippen molar-refractivity contribution in [2.24, 2.45) is 11.7 Å². The van der Waals surface area contributed by atoms with Crippen LogP contribution in [0, 0.1) is 11.7 Å². The SMILES string of the molecule is COCC1CCN(c2cccc(F)c2C(C)N)CC1. The third-order valence-electron chi connectivity index (χ3n) is 3.84. The molecule has 1 unspecified atom stereocenters. The molecule has 1 aliphatic heterocycles. The van der Waals surface area contributed by atoms with E-state index in [1.165, 1.54) is 6.07 Å². The third-order valence-corrected chi connectivity index (χ3v) is 3.84. The van der Waals surface area contributed by atoms with Crippen molar-refractivity contribution in [2.45, 2.75) is 25.8 Å². The number of hydrogen-bond acceptors (Lipinski definition) is 3. The van der Waals surface area contributed by atoms with Crippen molar-refractivity contribution in [1.29, 1.82) is 0 Å². The molecule has 1 saturated heterocycles. The summed E-state index contributed by atoms with van der Waals surface area (Å²) in [6.07, 6.45) is 2.17. The fourth-order valence-corrected chi connectivity index (χ4v) is 2.83. The molecule has 4 heteroatoms. The highest BCUT2D eigenvalue weighted by Crippen LogP contribution is 2.31. The molecule has 1 aromatic carbocycles. The lowest BCUT2D eigenvalue weighted by Gasteiger charge is -2.35. The summed E-state index contributed by atoms with van der Waals surface area (Å²) in [4.78, 5) is 2.24. The van der Waals surface area contributed by atoms with Crippen LogP contribution in [0.2, 0.25) is 0 Å². The number of benzene rings is 1. The number of anilines is 1. The minimum atomic E-state index is -0.284. The standard InChI is InChI=1S/C15H23FN2O/c1-11(17)15-13(16)4-3-5-14(15)18-8-6-12(7-9-18)10-19-2/h3-5,11-12H,6-10,17H2,1-2H3. The lowest BCUT2D eigenvalue weighted by Crippen LogP contribution is -2.36. The number of nitrogens with zero attached hydrogens (tertiary/aromatic N) is 1. The van der Waals surface area contributed by atoms with E-state index in [0.717, 1.165) is 38.2 Å². The number of hydrogen-bond donors (Lipinski definition) is 1. The summed E-state index contributed by atoms with van der Waals surface area (Å²) in [5.74, 6) is 0.417. The smallest absolute Gasteiger partial charge is 0.130 e. The molecule has 0 saturated carbocycles. The maximum absolute atomic E-state index is 13.9. The summed E-state index contributed by atoms with van der Waals surface area (Å²) in [5, 5.41) is 0. The molecule has 1 aromatic rings. The van der Waals surface area contributed by atoms with Crippen LogP contribution in [0.4, 0.5) is 10.1 Å². The van der Waals surface area contributed by atoms with Crippen LogP contribution in [0.5, 0.6) is 0 Å². The van der Waals surface area contributed by atoms with Crippen molar-refractivity contribution in [3.05, 3.63) is 29.6 Å². The van der Waals surface area contributed by atoms with Crippen LogP contribution in [0.3, 0.4) is 0 Å². The van der Waals surface area contributed by atoms with E-state index in [-0.39, 0.29) is 11.9 Å². The Labute approximate surface area is 114 Å². The first-order chi connectivity index (χ1) is 9.13. The summed E-state index contributed by atoms with van der Waals surface area (Å²) < 4.78 is 19.1. The number of piperidine rings is 1. The van der Waals surface area contributed by atoms with Gasteiger partial charge in [-0.3, -0.25) is 0 Å². The zero-order valence-corrected chi connectivity index (χ0v) is 11.7. The zero-order chi connectivity index (χ0) is 13.8. The van der Waals surface area contributed by atoms with Crippen LogP contribution in [0.1, 0.15) is 31.4 Å². The summed E-state index contributed by atoms with van der Waals surface area (Å²) in [6, 6.07) is 4.93. The third kappa shape index (κ3) is 3.25. The zero-order valence-electron chi connectivity index (χ0n) is 11.7. The molecule has 19 heavy (non-hydrogen) atoms. The van der Waals surface area contributed by atoms with Gasteiger partial charge in [-0.1, -0.05) is 6.07 Å². The summed E-state index contributed by atoms with van der Waals surface area (Å²) in [7, 11) is 1.74. The molecule has 0 bridgehead atoms. The van der Waals surface area contributed by atoms with E-state index >= 15 is 0 Å². The quantitative estimate of drug-likeness (QED) is 0.910. The van der Waals surface area contributed by atoms with Crippen molar-refractivity contribution in [1.82, 2.24) is 0 Å². The number of halogens is 1. The largest absolute Gasteiger partial charge is 0.384 e. The van der Waals surface area contributed by atoms with Gasteiger partial charge in [-0.2, -0.15) is 0 Å². The van der Waals surface area contributed by atoms with Crippen LogP contribution in [-0.4, -0.2) is 26.8 Å². The lowest BCUT2D eigenvalue weighted by molar-refractivity contribution is 0.139. The average Bonchev–Trinajstić information content (AvgIpc) is 2.39. The molecule has 0 aliphatic carbocycles. The molecule has 2 rings (SSSR count). The van der Waals surface area contributed by atoms with Crippen LogP contribution in [0.25, 0.3) is 0 Å². The number of rotatable bonds is 4. The Morgan fingerprint density at radius 1 is 1.42 bits per heavy atom. The monoisotopic (exact) mass is 266 g/mol. The van der Waals surface area contributed by atoms with E-state index in [9.17, 15) is 4.39 Å². The molecule has 106 valence electrons. The van der Waals surface area contributed by atoms with Gasteiger partial charge in [0, 0.05) is 44.1 Å². The first-order valence-electron chi connectivity index (χ1n) is 6.91. The van der Waals surface area contributed by atoms with Gasteiger partial charge in [-0.15, -0.1) is 0 Å². The molecule has 1 heterocycles. The average molecular weight is 266 g/mol. The first kappa shape index (κ1) is 14.3. The van der Waals surface area contributed by atoms with Crippen molar-refractivity contribution in [2.75, 3.05) is 31.7 Å². The van der Waals surface area contributed by atoms with Gasteiger partial charge in [0.05, 0.1) is 0 Å². The van der Waals surface area contributed by atoms with E-state index in [1.807, 2.05) is 13.0 Å². The van der Waals surface area contributed by atoms with Gasteiger partial charge in [-0.25, -0.2) is 4.39 Å². The fraction of sp³-hybridized carbons (Fsp3) is 0.600. The molecule has 0 radical (unpaired) electrons. The Balaban J connectivity index is 2.13. The normalized spacial score (nSPS) is 18.6. The van der Waals surface area contributed by atoms with Crippen LogP contribution >= 0.6 is 0 Å². The van der Waals surface area contributed by atoms with Gasteiger partial charge in [0.15, 0.2) is 0 Å². The highest BCUT2D eigenvalue weighted by Gasteiger charge is 2.23. The second-order valence-electron chi connectivity index (χ2n) is 5.35. The van der Waals surface area contributed by atoms with Crippen LogP contribution < -0.4 is 10.6 Å². The Morgan fingerprint density at radius 2 is 2.11 bits per heavy atom. The van der Waals surface area contributed by atoms with Crippen molar-refractivity contribution < 1.29 is 9.13 Å². The van der Waals surface area contributed by atoms with E-state index in [4.69, 9.17) is 10.5 Å². The van der Waals surface area contributed by atoms with Crippen molar-refractivity contribution in [3.63, 3.8) is 0 Å². The van der Waals surface area contributed by atoms with Crippen molar-refractivity contribution >= 4 is 5.69 Å². The van der Waals surface area contributed by atoms with Crippen LogP contribution in [0.15, 0.2) is 18.2 Å². The number of methoxy groups -OCH3 is 1. The Hall–Kier alpha value is -1.13. The maximum atomic E-state index is 13.9. The topological polar surface area (TPSA) is 38.5 Å². The highest BCUT2D eigenvalue weighted by molar-refractivity contribution is 5.55. The van der Waals surface area contributed by atoms with E-state index < -0.39 is 0 Å². The molecule has 1 aliphatic rings. The predicted octanol–water partition coefficient (Wildman–Crippen LogP) is 2.71. The molecule has 0 amide bonds. The summed E-state index contributed by atoms with van der Waals surface area (Å²) >= 11 is 0. The molecule has 3 nitrogen and oxygen atoms in total. The molecule has 2 N–H and O–H groups in total. The lowest BCUT2D eigenvalue weighted by atomic mass is 9.96. The van der Waals surface area contributed by atoms with Gasteiger partial charge in [0.1, 0.15) is 5.82 Å². The minimum Gasteiger partial charge on any atom is -0.384 e. The molecular weight excluding hydrogens is 243 g/mol. The molecular formula is C15H23FN2O. The van der Waals surface area contributed by atoms with E-state index in [1.54, 1.807) is 13.2 Å². The second-order valence-corrected chi connectivity index (χ2v) is 5.35. The van der Waals surface area contributed by atoms with Gasteiger partial charge >= 0.3 is 0 Å². The van der Waals surface area contributed by atoms with Gasteiger partial charge in [-0.05, 0) is 37.8 Å². The fourth-order valence-electron chi connectivity index (χ4n) is 2.83. The predicted molar refractivity (Wildman–Crippen MR) is 75.8 cm³/mol. The summed E-state index contributed by atoms with van der Waals surface area (Å²) in [5.41, 5.74) is 7.49. The molecule has 1 fully saturated rings. The number of ether oxygens (including phenoxy) is 1. The number of nitrogens with two attached hydrogens (primary N) is 1. The van der Waals surface area contributed by atoms with E-state index in [2.05, 4.69) is 4.90 Å². The minimum absolute atomic E-state index is 0.202. The molecule has 1 atom stereocenters. The van der Waals surface area contributed by atoms with Gasteiger partial charge < -0.3 is 15.4 Å². The molecule has 0 spiro atoms.